The normalized spacial score (nSPS) is 12.1. The lowest BCUT2D eigenvalue weighted by atomic mass is 10.1. The van der Waals surface area contributed by atoms with E-state index in [2.05, 4.69) is 56.6 Å². The molecule has 0 aromatic carbocycles. The van der Waals surface area contributed by atoms with E-state index >= 15 is 0 Å². The Morgan fingerprint density at radius 1 is 1.06 bits per heavy atom. The minimum Gasteiger partial charge on any atom is -0.312 e. The summed E-state index contributed by atoms with van der Waals surface area (Å²) in [5, 5.41) is 8.09. The van der Waals surface area contributed by atoms with Crippen LogP contribution in [0.4, 0.5) is 0 Å². The van der Waals surface area contributed by atoms with Gasteiger partial charge in [0.2, 0.25) is 0 Å². The van der Waals surface area contributed by atoms with Crippen molar-refractivity contribution in [3.8, 4) is 0 Å². The van der Waals surface area contributed by atoms with Crippen molar-refractivity contribution >= 4 is 0 Å². The lowest BCUT2D eigenvalue weighted by molar-refractivity contribution is 0.412. The van der Waals surface area contributed by atoms with Gasteiger partial charge in [0.05, 0.1) is 5.69 Å². The Bertz CT molecular complexity index is 372. The molecular formula is C15H29N3. The molecule has 0 saturated heterocycles. The third-order valence-corrected chi connectivity index (χ3v) is 3.45. The van der Waals surface area contributed by atoms with Gasteiger partial charge in [0.15, 0.2) is 0 Å². The number of hydrogen-bond donors (Lipinski definition) is 1. The zero-order valence-corrected chi connectivity index (χ0v) is 12.9. The largest absolute Gasteiger partial charge is 0.312 e. The number of aromatic nitrogens is 2. The van der Waals surface area contributed by atoms with Crippen molar-refractivity contribution in [2.24, 2.45) is 0 Å². The fraction of sp³-hybridized carbons (Fsp3) is 0.800. The number of aryl methyl sites for hydroxylation is 2. The van der Waals surface area contributed by atoms with Crippen LogP contribution in [-0.4, -0.2) is 21.9 Å². The molecule has 0 atom stereocenters. The Hall–Kier alpha value is -0.830. The van der Waals surface area contributed by atoms with Crippen LogP contribution in [-0.2, 0) is 6.54 Å². The standard InChI is InChI=1S/C15H29N3/c1-12-13(2)17-18(14(12)3)11-9-7-8-10-16-15(4,5)6/h16H,7-11H2,1-6H3. The lowest BCUT2D eigenvalue weighted by Crippen LogP contribution is -2.36. The summed E-state index contributed by atoms with van der Waals surface area (Å²) in [7, 11) is 0. The second kappa shape index (κ2) is 6.37. The van der Waals surface area contributed by atoms with Crippen LogP contribution in [0.15, 0.2) is 0 Å². The van der Waals surface area contributed by atoms with Crippen molar-refractivity contribution in [3.05, 3.63) is 17.0 Å². The van der Waals surface area contributed by atoms with Crippen LogP contribution in [0.5, 0.6) is 0 Å². The van der Waals surface area contributed by atoms with Crippen molar-refractivity contribution in [1.29, 1.82) is 0 Å². The second-order valence-electron chi connectivity index (χ2n) is 6.26. The first-order valence-corrected chi connectivity index (χ1v) is 7.07. The maximum atomic E-state index is 4.57. The minimum atomic E-state index is 0.243. The van der Waals surface area contributed by atoms with Gasteiger partial charge in [0, 0.05) is 17.8 Å². The average molecular weight is 251 g/mol. The molecule has 1 N–H and O–H groups in total. The van der Waals surface area contributed by atoms with Crippen molar-refractivity contribution < 1.29 is 0 Å². The van der Waals surface area contributed by atoms with E-state index < -0.39 is 0 Å². The maximum Gasteiger partial charge on any atom is 0.0625 e. The number of hydrogen-bond acceptors (Lipinski definition) is 2. The summed E-state index contributed by atoms with van der Waals surface area (Å²) >= 11 is 0. The lowest BCUT2D eigenvalue weighted by Gasteiger charge is -2.20. The summed E-state index contributed by atoms with van der Waals surface area (Å²) in [4.78, 5) is 0. The molecule has 1 rings (SSSR count). The SMILES string of the molecule is Cc1nn(CCCCCNC(C)(C)C)c(C)c1C. The summed E-state index contributed by atoms with van der Waals surface area (Å²) in [5.41, 5.74) is 4.07. The summed E-state index contributed by atoms with van der Waals surface area (Å²) in [5.74, 6) is 0. The van der Waals surface area contributed by atoms with E-state index in [0.717, 1.165) is 13.1 Å². The fourth-order valence-corrected chi connectivity index (χ4v) is 2.03. The molecule has 0 amide bonds. The topological polar surface area (TPSA) is 29.9 Å². The Morgan fingerprint density at radius 2 is 1.72 bits per heavy atom. The molecule has 18 heavy (non-hydrogen) atoms. The molecule has 1 aromatic heterocycles. The molecule has 104 valence electrons. The predicted octanol–water partition coefficient (Wildman–Crippen LogP) is 3.37. The van der Waals surface area contributed by atoms with Gasteiger partial charge in [0.1, 0.15) is 0 Å². The van der Waals surface area contributed by atoms with Gasteiger partial charge in [-0.3, -0.25) is 4.68 Å². The van der Waals surface area contributed by atoms with Crippen molar-refractivity contribution in [2.45, 2.75) is 72.9 Å². The molecule has 1 heterocycles. The number of unbranched alkanes of at least 4 members (excludes halogenated alkanes) is 2. The van der Waals surface area contributed by atoms with E-state index in [9.17, 15) is 0 Å². The van der Waals surface area contributed by atoms with Crippen molar-refractivity contribution in [2.75, 3.05) is 6.54 Å². The summed E-state index contributed by atoms with van der Waals surface area (Å²) in [6.07, 6.45) is 3.73. The molecule has 3 nitrogen and oxygen atoms in total. The molecule has 0 aliphatic rings. The van der Waals surface area contributed by atoms with E-state index in [0.29, 0.717) is 0 Å². The zero-order chi connectivity index (χ0) is 13.8. The van der Waals surface area contributed by atoms with Crippen molar-refractivity contribution in [3.63, 3.8) is 0 Å². The van der Waals surface area contributed by atoms with Crippen LogP contribution in [0.3, 0.4) is 0 Å². The highest BCUT2D eigenvalue weighted by Gasteiger charge is 2.08. The quantitative estimate of drug-likeness (QED) is 0.786. The molecule has 0 spiro atoms. The predicted molar refractivity (Wildman–Crippen MR) is 78.0 cm³/mol. The molecule has 1 aromatic rings. The van der Waals surface area contributed by atoms with Crippen LogP contribution in [0, 0.1) is 20.8 Å². The van der Waals surface area contributed by atoms with Gasteiger partial charge in [-0.15, -0.1) is 0 Å². The fourth-order valence-electron chi connectivity index (χ4n) is 2.03. The Balaban J connectivity index is 2.20. The van der Waals surface area contributed by atoms with E-state index in [-0.39, 0.29) is 5.54 Å². The van der Waals surface area contributed by atoms with Crippen LogP contribution < -0.4 is 5.32 Å². The van der Waals surface area contributed by atoms with Gasteiger partial charge < -0.3 is 5.32 Å². The average Bonchev–Trinajstić information content (AvgIpc) is 2.50. The molecule has 0 aliphatic heterocycles. The third-order valence-electron chi connectivity index (χ3n) is 3.45. The zero-order valence-electron chi connectivity index (χ0n) is 12.9. The Labute approximate surface area is 112 Å². The smallest absolute Gasteiger partial charge is 0.0625 e. The molecule has 0 bridgehead atoms. The van der Waals surface area contributed by atoms with Gasteiger partial charge in [-0.25, -0.2) is 0 Å². The van der Waals surface area contributed by atoms with Crippen LogP contribution in [0.1, 0.15) is 57.0 Å². The van der Waals surface area contributed by atoms with E-state index in [1.165, 1.54) is 36.2 Å². The number of nitrogens with zero attached hydrogens (tertiary/aromatic N) is 2. The maximum absolute atomic E-state index is 4.57. The van der Waals surface area contributed by atoms with Crippen LogP contribution in [0.25, 0.3) is 0 Å². The Kier molecular flexibility index (Phi) is 5.39. The van der Waals surface area contributed by atoms with Gasteiger partial charge in [-0.2, -0.15) is 5.10 Å². The molecule has 0 radical (unpaired) electrons. The minimum absolute atomic E-state index is 0.243. The van der Waals surface area contributed by atoms with Crippen LogP contribution >= 0.6 is 0 Å². The van der Waals surface area contributed by atoms with Gasteiger partial charge in [-0.05, 0) is 66.5 Å². The first-order valence-electron chi connectivity index (χ1n) is 7.07. The molecule has 0 fully saturated rings. The van der Waals surface area contributed by atoms with E-state index in [1.54, 1.807) is 0 Å². The number of nitrogens with one attached hydrogen (secondary N) is 1. The highest BCUT2D eigenvalue weighted by Crippen LogP contribution is 2.12. The van der Waals surface area contributed by atoms with Gasteiger partial charge in [0.25, 0.3) is 0 Å². The first-order chi connectivity index (χ1) is 8.31. The first kappa shape index (κ1) is 15.2. The second-order valence-corrected chi connectivity index (χ2v) is 6.26. The molecule has 3 heteroatoms. The van der Waals surface area contributed by atoms with E-state index in [4.69, 9.17) is 0 Å². The Morgan fingerprint density at radius 3 is 2.22 bits per heavy atom. The van der Waals surface area contributed by atoms with E-state index in [1.807, 2.05) is 0 Å². The number of rotatable bonds is 6. The van der Waals surface area contributed by atoms with Gasteiger partial charge >= 0.3 is 0 Å². The molecule has 0 unspecified atom stereocenters. The molecular weight excluding hydrogens is 222 g/mol. The summed E-state index contributed by atoms with van der Waals surface area (Å²) in [6, 6.07) is 0. The monoisotopic (exact) mass is 251 g/mol. The van der Waals surface area contributed by atoms with Crippen molar-refractivity contribution in [1.82, 2.24) is 15.1 Å². The molecule has 0 saturated carbocycles. The summed E-state index contributed by atoms with van der Waals surface area (Å²) < 4.78 is 2.15. The van der Waals surface area contributed by atoms with Gasteiger partial charge in [-0.1, -0.05) is 6.42 Å². The highest BCUT2D eigenvalue weighted by molar-refractivity contribution is 5.21. The molecule has 0 aliphatic carbocycles. The van der Waals surface area contributed by atoms with Crippen LogP contribution in [0.2, 0.25) is 0 Å². The third kappa shape index (κ3) is 4.81. The summed E-state index contributed by atoms with van der Waals surface area (Å²) in [6.45, 7) is 15.2. The highest BCUT2D eigenvalue weighted by atomic mass is 15.3.